The summed E-state index contributed by atoms with van der Waals surface area (Å²) in [5, 5.41) is 0.782. The van der Waals surface area contributed by atoms with Crippen LogP contribution in [0.25, 0.3) is 0 Å². The molecule has 1 nitrogen and oxygen atoms in total. The van der Waals surface area contributed by atoms with Crippen molar-refractivity contribution in [3.05, 3.63) is 34.3 Å². The molecule has 1 aromatic rings. The van der Waals surface area contributed by atoms with Gasteiger partial charge in [-0.15, -0.1) is 0 Å². The number of hydrogen-bond donors (Lipinski definition) is 1. The molecule has 0 aliphatic heterocycles. The molecule has 0 saturated carbocycles. The Labute approximate surface area is 78.5 Å². The monoisotopic (exact) mass is 183 g/mol. The van der Waals surface area contributed by atoms with Crippen LogP contribution in [0, 0.1) is 6.92 Å². The first-order valence-corrected chi connectivity index (χ1v) is 4.54. The highest BCUT2D eigenvalue weighted by molar-refractivity contribution is 6.31. The van der Waals surface area contributed by atoms with Crippen LogP contribution in [0.5, 0.6) is 0 Å². The molecule has 12 heavy (non-hydrogen) atoms. The average molecular weight is 184 g/mol. The van der Waals surface area contributed by atoms with Crippen molar-refractivity contribution in [3.8, 4) is 0 Å². The maximum Gasteiger partial charge on any atom is 0.0456 e. The summed E-state index contributed by atoms with van der Waals surface area (Å²) in [5.41, 5.74) is 8.08. The second kappa shape index (κ2) is 3.92. The summed E-state index contributed by atoms with van der Waals surface area (Å²) in [5.74, 6) is 0. The van der Waals surface area contributed by atoms with Crippen LogP contribution in [-0.2, 0) is 0 Å². The quantitative estimate of drug-likeness (QED) is 0.750. The van der Waals surface area contributed by atoms with E-state index in [9.17, 15) is 0 Å². The molecule has 0 fully saturated rings. The molecule has 0 aliphatic rings. The number of halogens is 1. The highest BCUT2D eigenvalue weighted by Gasteiger charge is 2.06. The Hall–Kier alpha value is -0.530. The maximum absolute atomic E-state index is 6.02. The molecule has 0 spiro atoms. The average Bonchev–Trinajstić information content (AvgIpc) is 2.03. The van der Waals surface area contributed by atoms with Gasteiger partial charge in [0, 0.05) is 11.1 Å². The number of benzene rings is 1. The van der Waals surface area contributed by atoms with Gasteiger partial charge in [0.25, 0.3) is 0 Å². The summed E-state index contributed by atoms with van der Waals surface area (Å²) < 4.78 is 0. The Morgan fingerprint density at radius 2 is 2.17 bits per heavy atom. The molecule has 0 saturated heterocycles. The fraction of sp³-hybridized carbons (Fsp3) is 0.400. The van der Waals surface area contributed by atoms with E-state index in [-0.39, 0.29) is 6.04 Å². The molecule has 0 unspecified atom stereocenters. The topological polar surface area (TPSA) is 26.0 Å². The van der Waals surface area contributed by atoms with E-state index < -0.39 is 0 Å². The second-order valence-corrected chi connectivity index (χ2v) is 3.45. The molecule has 0 aromatic heterocycles. The molecule has 0 aliphatic carbocycles. The van der Waals surface area contributed by atoms with E-state index in [0.29, 0.717) is 0 Å². The van der Waals surface area contributed by atoms with E-state index in [1.165, 1.54) is 5.56 Å². The maximum atomic E-state index is 6.02. The Balaban J connectivity index is 3.01. The number of hydrogen-bond acceptors (Lipinski definition) is 1. The Morgan fingerprint density at radius 1 is 1.50 bits per heavy atom. The highest BCUT2D eigenvalue weighted by atomic mass is 35.5. The van der Waals surface area contributed by atoms with Crippen LogP contribution in [-0.4, -0.2) is 0 Å². The zero-order valence-electron chi connectivity index (χ0n) is 7.47. The van der Waals surface area contributed by atoms with Gasteiger partial charge in [0.2, 0.25) is 0 Å². The van der Waals surface area contributed by atoms with Crippen LogP contribution in [0.1, 0.15) is 30.5 Å². The third kappa shape index (κ3) is 1.99. The molecule has 0 amide bonds. The first-order chi connectivity index (χ1) is 5.65. The van der Waals surface area contributed by atoms with Gasteiger partial charge in [-0.1, -0.05) is 30.7 Å². The zero-order chi connectivity index (χ0) is 9.14. The molecule has 1 rings (SSSR count). The first kappa shape index (κ1) is 9.56. The van der Waals surface area contributed by atoms with Crippen LogP contribution >= 0.6 is 11.6 Å². The zero-order valence-corrected chi connectivity index (χ0v) is 8.23. The normalized spacial score (nSPS) is 13.0. The van der Waals surface area contributed by atoms with Crippen LogP contribution in [0.15, 0.2) is 18.2 Å². The summed E-state index contributed by atoms with van der Waals surface area (Å²) in [6.07, 6.45) is 0.919. The van der Waals surface area contributed by atoms with E-state index in [2.05, 4.69) is 6.92 Å². The molecular weight excluding hydrogens is 170 g/mol. The van der Waals surface area contributed by atoms with Gasteiger partial charge in [-0.2, -0.15) is 0 Å². The van der Waals surface area contributed by atoms with Crippen LogP contribution in [0.4, 0.5) is 0 Å². The van der Waals surface area contributed by atoms with Gasteiger partial charge in [0.1, 0.15) is 0 Å². The smallest absolute Gasteiger partial charge is 0.0456 e. The van der Waals surface area contributed by atoms with Crippen molar-refractivity contribution in [1.82, 2.24) is 0 Å². The van der Waals surface area contributed by atoms with Gasteiger partial charge in [0.05, 0.1) is 0 Å². The lowest BCUT2D eigenvalue weighted by Gasteiger charge is -2.11. The number of rotatable bonds is 2. The largest absolute Gasteiger partial charge is 0.324 e. The summed E-state index contributed by atoms with van der Waals surface area (Å²) in [6.45, 7) is 4.08. The van der Waals surface area contributed by atoms with E-state index >= 15 is 0 Å². The van der Waals surface area contributed by atoms with Crippen molar-refractivity contribution in [3.63, 3.8) is 0 Å². The van der Waals surface area contributed by atoms with Crippen LogP contribution in [0.3, 0.4) is 0 Å². The molecule has 0 heterocycles. The van der Waals surface area contributed by atoms with E-state index in [0.717, 1.165) is 17.0 Å². The van der Waals surface area contributed by atoms with Crippen molar-refractivity contribution >= 4 is 11.6 Å². The van der Waals surface area contributed by atoms with E-state index in [1.54, 1.807) is 0 Å². The van der Waals surface area contributed by atoms with Gasteiger partial charge in [-0.3, -0.25) is 0 Å². The SMILES string of the molecule is CC[C@@H](N)c1ccc(C)cc1Cl. The standard InChI is InChI=1S/C10H14ClN/c1-3-10(12)8-5-4-7(2)6-9(8)11/h4-6,10H,3,12H2,1-2H3/t10-/m1/s1. The van der Waals surface area contributed by atoms with Gasteiger partial charge >= 0.3 is 0 Å². The van der Waals surface area contributed by atoms with Crippen LogP contribution < -0.4 is 5.73 Å². The Kier molecular flexibility index (Phi) is 3.12. The van der Waals surface area contributed by atoms with Crippen molar-refractivity contribution in [2.45, 2.75) is 26.3 Å². The summed E-state index contributed by atoms with van der Waals surface area (Å²) in [7, 11) is 0. The van der Waals surface area contributed by atoms with Gasteiger partial charge in [0.15, 0.2) is 0 Å². The fourth-order valence-corrected chi connectivity index (χ4v) is 1.53. The van der Waals surface area contributed by atoms with Crippen molar-refractivity contribution in [2.75, 3.05) is 0 Å². The lowest BCUT2D eigenvalue weighted by Crippen LogP contribution is -2.09. The van der Waals surface area contributed by atoms with E-state index in [1.807, 2.05) is 25.1 Å². The van der Waals surface area contributed by atoms with Crippen molar-refractivity contribution in [2.24, 2.45) is 5.73 Å². The second-order valence-electron chi connectivity index (χ2n) is 3.04. The summed E-state index contributed by atoms with van der Waals surface area (Å²) in [6, 6.07) is 6.06. The lowest BCUT2D eigenvalue weighted by atomic mass is 10.0. The lowest BCUT2D eigenvalue weighted by molar-refractivity contribution is 0.699. The molecule has 1 atom stereocenters. The van der Waals surface area contributed by atoms with Crippen molar-refractivity contribution < 1.29 is 0 Å². The van der Waals surface area contributed by atoms with Gasteiger partial charge < -0.3 is 5.73 Å². The minimum atomic E-state index is 0.0677. The van der Waals surface area contributed by atoms with E-state index in [4.69, 9.17) is 17.3 Å². The Morgan fingerprint density at radius 3 is 2.67 bits per heavy atom. The Bertz CT molecular complexity index is 271. The predicted molar refractivity (Wildman–Crippen MR) is 53.4 cm³/mol. The molecule has 2 N–H and O–H groups in total. The summed E-state index contributed by atoms with van der Waals surface area (Å²) in [4.78, 5) is 0. The van der Waals surface area contributed by atoms with Crippen molar-refractivity contribution in [1.29, 1.82) is 0 Å². The predicted octanol–water partition coefficient (Wildman–Crippen LogP) is 3.06. The fourth-order valence-electron chi connectivity index (χ4n) is 1.15. The molecule has 66 valence electrons. The minimum Gasteiger partial charge on any atom is -0.324 e. The molecule has 2 heteroatoms. The molecule has 0 radical (unpaired) electrons. The molecule has 0 bridgehead atoms. The first-order valence-electron chi connectivity index (χ1n) is 4.16. The third-order valence-corrected chi connectivity index (χ3v) is 2.32. The highest BCUT2D eigenvalue weighted by Crippen LogP contribution is 2.24. The number of nitrogens with two attached hydrogens (primary N) is 1. The van der Waals surface area contributed by atoms with Crippen LogP contribution in [0.2, 0.25) is 5.02 Å². The third-order valence-electron chi connectivity index (χ3n) is 2.00. The molecule has 1 aromatic carbocycles. The minimum absolute atomic E-state index is 0.0677. The summed E-state index contributed by atoms with van der Waals surface area (Å²) >= 11 is 6.02. The number of aryl methyl sites for hydroxylation is 1. The van der Waals surface area contributed by atoms with Gasteiger partial charge in [-0.05, 0) is 30.5 Å². The molecular formula is C10H14ClN. The van der Waals surface area contributed by atoms with Gasteiger partial charge in [-0.25, -0.2) is 0 Å².